The Balaban J connectivity index is 1.67. The van der Waals surface area contributed by atoms with E-state index in [9.17, 15) is 8.42 Å². The van der Waals surface area contributed by atoms with Crippen molar-refractivity contribution in [3.63, 3.8) is 0 Å². The van der Waals surface area contributed by atoms with Gasteiger partial charge in [0.2, 0.25) is 0 Å². The van der Waals surface area contributed by atoms with Gasteiger partial charge in [0.1, 0.15) is 22.4 Å². The Morgan fingerprint density at radius 1 is 1.03 bits per heavy atom. The fourth-order valence-electron chi connectivity index (χ4n) is 4.40. The van der Waals surface area contributed by atoms with Gasteiger partial charge in [0.25, 0.3) is 0 Å². The van der Waals surface area contributed by atoms with E-state index in [-0.39, 0.29) is 17.1 Å². The molecule has 0 saturated heterocycles. The molecule has 0 spiro atoms. The molecule has 2 aromatic heterocycles. The number of benzene rings is 1. The number of sulfone groups is 1. The van der Waals surface area contributed by atoms with Gasteiger partial charge in [-0.3, -0.25) is 0 Å². The number of aromatic nitrogens is 3. The van der Waals surface area contributed by atoms with Crippen LogP contribution in [0.15, 0.2) is 47.5 Å². The molecule has 4 rings (SSSR count). The molecule has 3 heterocycles. The zero-order chi connectivity index (χ0) is 26.1. The van der Waals surface area contributed by atoms with E-state index >= 15 is 0 Å². The van der Waals surface area contributed by atoms with Crippen LogP contribution in [0.2, 0.25) is 0 Å². The van der Waals surface area contributed by atoms with E-state index in [2.05, 4.69) is 74.1 Å². The first-order valence-corrected chi connectivity index (χ1v) is 14.3. The van der Waals surface area contributed by atoms with E-state index in [0.29, 0.717) is 36.6 Å². The second kappa shape index (κ2) is 10.2. The van der Waals surface area contributed by atoms with Crippen molar-refractivity contribution in [2.75, 3.05) is 29.1 Å². The summed E-state index contributed by atoms with van der Waals surface area (Å²) in [5.41, 5.74) is 4.45. The second-order valence-corrected chi connectivity index (χ2v) is 12.9. The molecule has 8 heteroatoms. The molecule has 0 amide bonds. The van der Waals surface area contributed by atoms with E-state index in [1.54, 1.807) is 25.3 Å². The van der Waals surface area contributed by atoms with Crippen LogP contribution in [0.4, 0.5) is 17.3 Å². The van der Waals surface area contributed by atoms with Crippen LogP contribution in [-0.2, 0) is 28.1 Å². The molecule has 0 atom stereocenters. The highest BCUT2D eigenvalue weighted by Gasteiger charge is 2.26. The zero-order valence-corrected chi connectivity index (χ0v) is 23.0. The molecule has 0 bridgehead atoms. The number of rotatable bonds is 6. The molecule has 0 unspecified atom stereocenters. The lowest BCUT2D eigenvalue weighted by Gasteiger charge is -2.23. The second-order valence-electron chi connectivity index (χ2n) is 10.7. The van der Waals surface area contributed by atoms with Crippen LogP contribution in [0.1, 0.15) is 70.1 Å². The van der Waals surface area contributed by atoms with Gasteiger partial charge in [-0.25, -0.2) is 23.4 Å². The first-order chi connectivity index (χ1) is 17.0. The quantitative estimate of drug-likeness (QED) is 0.476. The summed E-state index contributed by atoms with van der Waals surface area (Å²) in [6.45, 7) is 13.8. The fraction of sp³-hybridized carbons (Fsp3) is 0.464. The average molecular weight is 508 g/mol. The number of hydrogen-bond acceptors (Lipinski definition) is 7. The van der Waals surface area contributed by atoms with Crippen molar-refractivity contribution < 1.29 is 8.42 Å². The lowest BCUT2D eigenvalue weighted by atomic mass is 9.87. The topological polar surface area (TPSA) is 88.1 Å². The molecule has 36 heavy (non-hydrogen) atoms. The smallest absolute Gasteiger partial charge is 0.181 e. The van der Waals surface area contributed by atoms with Crippen molar-refractivity contribution in [2.45, 2.75) is 70.6 Å². The number of hydrogen-bond donors (Lipinski definition) is 1. The van der Waals surface area contributed by atoms with Gasteiger partial charge in [0.15, 0.2) is 9.84 Å². The SMILES string of the molecule is CCS(=O)(=O)c1cccnc1N1CCc2nc(C(C)C)nc(Nc3ccc(C(C)(C)C)cc3)c2CC1. The first kappa shape index (κ1) is 26.1. The van der Waals surface area contributed by atoms with Gasteiger partial charge in [-0.15, -0.1) is 0 Å². The first-order valence-electron chi connectivity index (χ1n) is 12.7. The number of fused-ring (bicyclic) bond motifs is 1. The molecule has 0 radical (unpaired) electrons. The van der Waals surface area contributed by atoms with Crippen molar-refractivity contribution in [2.24, 2.45) is 0 Å². The minimum Gasteiger partial charge on any atom is -0.355 e. The van der Waals surface area contributed by atoms with Gasteiger partial charge in [-0.05, 0) is 41.7 Å². The Labute approximate surface area is 215 Å². The molecule has 3 aromatic rings. The van der Waals surface area contributed by atoms with E-state index in [1.165, 1.54) is 5.56 Å². The lowest BCUT2D eigenvalue weighted by Crippen LogP contribution is -2.29. The molecule has 0 aliphatic carbocycles. The van der Waals surface area contributed by atoms with Crippen molar-refractivity contribution in [1.82, 2.24) is 15.0 Å². The fourth-order valence-corrected chi connectivity index (χ4v) is 5.46. The van der Waals surface area contributed by atoms with Gasteiger partial charge in [0, 0.05) is 42.9 Å². The predicted octanol–water partition coefficient (Wildman–Crippen LogP) is 5.43. The summed E-state index contributed by atoms with van der Waals surface area (Å²) in [4.78, 5) is 16.7. The third-order valence-corrected chi connectivity index (χ3v) is 8.40. The lowest BCUT2D eigenvalue weighted by molar-refractivity contribution is 0.590. The van der Waals surface area contributed by atoms with Crippen LogP contribution >= 0.6 is 0 Å². The number of nitrogens with zero attached hydrogens (tertiary/aromatic N) is 4. The summed E-state index contributed by atoms with van der Waals surface area (Å²) in [6.07, 6.45) is 3.04. The Hall–Kier alpha value is -3.00. The van der Waals surface area contributed by atoms with Crippen molar-refractivity contribution in [1.29, 1.82) is 0 Å². The van der Waals surface area contributed by atoms with Crippen LogP contribution in [0.25, 0.3) is 0 Å². The summed E-state index contributed by atoms with van der Waals surface area (Å²) < 4.78 is 25.5. The van der Waals surface area contributed by atoms with Crippen LogP contribution in [-0.4, -0.2) is 42.2 Å². The Morgan fingerprint density at radius 3 is 2.36 bits per heavy atom. The monoisotopic (exact) mass is 507 g/mol. The minimum absolute atomic E-state index is 0.0467. The van der Waals surface area contributed by atoms with E-state index < -0.39 is 9.84 Å². The Morgan fingerprint density at radius 2 is 1.72 bits per heavy atom. The molecular formula is C28H37N5O2S. The molecule has 1 aliphatic rings. The summed E-state index contributed by atoms with van der Waals surface area (Å²) in [7, 11) is -3.38. The summed E-state index contributed by atoms with van der Waals surface area (Å²) in [6, 6.07) is 11.9. The number of pyridine rings is 1. The normalized spacial score (nSPS) is 14.5. The Bertz CT molecular complexity index is 1330. The van der Waals surface area contributed by atoms with Gasteiger partial charge in [-0.1, -0.05) is 53.7 Å². The maximum atomic E-state index is 12.7. The van der Waals surface area contributed by atoms with Crippen molar-refractivity contribution >= 4 is 27.2 Å². The average Bonchev–Trinajstić information content (AvgIpc) is 3.06. The highest BCUT2D eigenvalue weighted by Crippen LogP contribution is 2.31. The molecular weight excluding hydrogens is 470 g/mol. The molecule has 0 saturated carbocycles. The third kappa shape index (κ3) is 5.53. The third-order valence-electron chi connectivity index (χ3n) is 6.66. The summed E-state index contributed by atoms with van der Waals surface area (Å²) >= 11 is 0. The zero-order valence-electron chi connectivity index (χ0n) is 22.2. The number of nitrogens with one attached hydrogen (secondary N) is 1. The largest absolute Gasteiger partial charge is 0.355 e. The van der Waals surface area contributed by atoms with Crippen LogP contribution < -0.4 is 10.2 Å². The molecule has 7 nitrogen and oxygen atoms in total. The Kier molecular flexibility index (Phi) is 7.36. The van der Waals surface area contributed by atoms with Gasteiger partial charge in [0.05, 0.1) is 11.4 Å². The van der Waals surface area contributed by atoms with Crippen molar-refractivity contribution in [3.8, 4) is 0 Å². The maximum absolute atomic E-state index is 12.7. The highest BCUT2D eigenvalue weighted by molar-refractivity contribution is 7.91. The van der Waals surface area contributed by atoms with Gasteiger partial charge in [-0.2, -0.15) is 0 Å². The standard InChI is InChI=1S/C28H37N5O2S/c1-7-36(34,35)24-9-8-16-29-27(24)33-17-14-22-23(15-18-33)31-25(19(2)3)32-26(22)30-21-12-10-20(11-13-21)28(4,5)6/h8-13,16,19H,7,14-15,17-18H2,1-6H3,(H,30,31,32). The number of anilines is 3. The van der Waals surface area contributed by atoms with Crippen molar-refractivity contribution in [3.05, 3.63) is 65.2 Å². The van der Waals surface area contributed by atoms with E-state index in [4.69, 9.17) is 9.97 Å². The maximum Gasteiger partial charge on any atom is 0.181 e. The van der Waals surface area contributed by atoms with E-state index in [1.807, 2.05) is 0 Å². The molecule has 1 aliphatic heterocycles. The van der Waals surface area contributed by atoms with Gasteiger partial charge < -0.3 is 10.2 Å². The molecule has 1 aromatic carbocycles. The predicted molar refractivity (Wildman–Crippen MR) is 146 cm³/mol. The van der Waals surface area contributed by atoms with Gasteiger partial charge >= 0.3 is 0 Å². The van der Waals surface area contributed by atoms with E-state index in [0.717, 1.165) is 28.6 Å². The molecule has 0 fully saturated rings. The van der Waals surface area contributed by atoms with Crippen LogP contribution in [0, 0.1) is 0 Å². The van der Waals surface area contributed by atoms with Crippen LogP contribution in [0.5, 0.6) is 0 Å². The highest BCUT2D eigenvalue weighted by atomic mass is 32.2. The summed E-state index contributed by atoms with van der Waals surface area (Å²) in [5.74, 6) is 2.40. The molecule has 1 N–H and O–H groups in total. The van der Waals surface area contributed by atoms with Crippen LogP contribution in [0.3, 0.4) is 0 Å². The summed E-state index contributed by atoms with van der Waals surface area (Å²) in [5, 5.41) is 3.55. The minimum atomic E-state index is -3.38. The molecule has 192 valence electrons.